The van der Waals surface area contributed by atoms with Gasteiger partial charge in [0.25, 0.3) is 0 Å². The van der Waals surface area contributed by atoms with E-state index in [2.05, 4.69) is 4.74 Å². The van der Waals surface area contributed by atoms with Crippen LogP contribution in [0.15, 0.2) is 0 Å². The molecular formula is C8H15F2NO2. The smallest absolute Gasteiger partial charge is 0.322 e. The molecule has 0 fully saturated rings. The van der Waals surface area contributed by atoms with Gasteiger partial charge in [0.2, 0.25) is 5.92 Å². The topological polar surface area (TPSA) is 52.3 Å². The lowest BCUT2D eigenvalue weighted by Gasteiger charge is -2.15. The molecule has 5 heteroatoms. The Balaban J connectivity index is 3.82. The van der Waals surface area contributed by atoms with Crippen LogP contribution in [0.5, 0.6) is 0 Å². The molecule has 0 bridgehead atoms. The van der Waals surface area contributed by atoms with Crippen molar-refractivity contribution in [2.45, 2.75) is 38.2 Å². The van der Waals surface area contributed by atoms with Crippen LogP contribution in [0.2, 0.25) is 0 Å². The van der Waals surface area contributed by atoms with Crippen molar-refractivity contribution in [1.82, 2.24) is 0 Å². The van der Waals surface area contributed by atoms with Crippen molar-refractivity contribution in [2.75, 3.05) is 7.11 Å². The molecule has 0 aromatic heterocycles. The Labute approximate surface area is 76.2 Å². The fourth-order valence-electron chi connectivity index (χ4n) is 0.813. The van der Waals surface area contributed by atoms with Crippen LogP contribution in [0.4, 0.5) is 8.78 Å². The summed E-state index contributed by atoms with van der Waals surface area (Å²) in [5, 5.41) is 0. The number of ether oxygens (including phenoxy) is 1. The lowest BCUT2D eigenvalue weighted by Crippen LogP contribution is -2.33. The Bertz CT molecular complexity index is 174. The van der Waals surface area contributed by atoms with E-state index in [0.717, 1.165) is 0 Å². The average molecular weight is 195 g/mol. The predicted molar refractivity (Wildman–Crippen MR) is 44.5 cm³/mol. The standard InChI is InChI=1S/C8H15F2NO2/c1-3-8(9,10)5-4-6(11)7(12)13-2/h6H,3-5,11H2,1-2H3/t6-/m0/s1. The van der Waals surface area contributed by atoms with E-state index in [1.165, 1.54) is 14.0 Å². The van der Waals surface area contributed by atoms with Crippen molar-refractivity contribution in [3.8, 4) is 0 Å². The molecule has 3 nitrogen and oxygen atoms in total. The van der Waals surface area contributed by atoms with Crippen LogP contribution in [0.25, 0.3) is 0 Å². The Morgan fingerprint density at radius 2 is 2.15 bits per heavy atom. The number of esters is 1. The SMILES string of the molecule is CCC(F)(F)CC[C@H](N)C(=O)OC. The molecule has 0 saturated heterocycles. The highest BCUT2D eigenvalue weighted by Gasteiger charge is 2.28. The van der Waals surface area contributed by atoms with Crippen molar-refractivity contribution in [3.05, 3.63) is 0 Å². The highest BCUT2D eigenvalue weighted by molar-refractivity contribution is 5.75. The second kappa shape index (κ2) is 5.11. The molecule has 0 rings (SSSR count). The van der Waals surface area contributed by atoms with E-state index < -0.39 is 17.9 Å². The van der Waals surface area contributed by atoms with Gasteiger partial charge in [-0.05, 0) is 6.42 Å². The Kier molecular flexibility index (Phi) is 4.83. The molecule has 0 unspecified atom stereocenters. The Hall–Kier alpha value is -0.710. The van der Waals surface area contributed by atoms with Crippen molar-refractivity contribution >= 4 is 5.97 Å². The van der Waals surface area contributed by atoms with Crippen molar-refractivity contribution in [3.63, 3.8) is 0 Å². The summed E-state index contributed by atoms with van der Waals surface area (Å²) >= 11 is 0. The summed E-state index contributed by atoms with van der Waals surface area (Å²) in [4.78, 5) is 10.7. The van der Waals surface area contributed by atoms with Crippen LogP contribution in [-0.2, 0) is 9.53 Å². The van der Waals surface area contributed by atoms with E-state index >= 15 is 0 Å². The number of carbonyl (C=O) groups is 1. The molecule has 0 aromatic carbocycles. The number of methoxy groups -OCH3 is 1. The summed E-state index contributed by atoms with van der Waals surface area (Å²) in [6.45, 7) is 1.39. The summed E-state index contributed by atoms with van der Waals surface area (Å²) in [5.41, 5.74) is 5.28. The lowest BCUT2D eigenvalue weighted by molar-refractivity contribution is -0.142. The van der Waals surface area contributed by atoms with E-state index in [1.54, 1.807) is 0 Å². The fourth-order valence-corrected chi connectivity index (χ4v) is 0.813. The molecule has 0 aliphatic heterocycles. The molecule has 0 radical (unpaired) electrons. The largest absolute Gasteiger partial charge is 0.468 e. The van der Waals surface area contributed by atoms with Crippen molar-refractivity contribution in [2.24, 2.45) is 5.73 Å². The number of alkyl halides is 2. The number of hydrogen-bond donors (Lipinski definition) is 1. The minimum absolute atomic E-state index is 0.0481. The van der Waals surface area contributed by atoms with Gasteiger partial charge in [-0.2, -0.15) is 0 Å². The fraction of sp³-hybridized carbons (Fsp3) is 0.875. The van der Waals surface area contributed by atoms with Gasteiger partial charge in [0.15, 0.2) is 0 Å². The number of rotatable bonds is 5. The highest BCUT2D eigenvalue weighted by atomic mass is 19.3. The zero-order valence-corrected chi connectivity index (χ0v) is 7.85. The molecule has 0 aromatic rings. The Morgan fingerprint density at radius 3 is 2.54 bits per heavy atom. The quantitative estimate of drug-likeness (QED) is 0.673. The number of hydrogen-bond acceptors (Lipinski definition) is 3. The maximum Gasteiger partial charge on any atom is 0.322 e. The molecule has 0 aliphatic rings. The van der Waals surface area contributed by atoms with Gasteiger partial charge in [-0.1, -0.05) is 6.92 Å². The first-order chi connectivity index (χ1) is 5.93. The third-order valence-corrected chi connectivity index (χ3v) is 1.84. The Morgan fingerprint density at radius 1 is 1.62 bits per heavy atom. The van der Waals surface area contributed by atoms with Crippen LogP contribution < -0.4 is 5.73 Å². The van der Waals surface area contributed by atoms with Crippen LogP contribution in [0, 0.1) is 0 Å². The second-order valence-electron chi connectivity index (χ2n) is 2.88. The molecule has 1 atom stereocenters. The highest BCUT2D eigenvalue weighted by Crippen LogP contribution is 2.24. The summed E-state index contributed by atoms with van der Waals surface area (Å²) in [7, 11) is 1.18. The summed E-state index contributed by atoms with van der Waals surface area (Å²) in [5.74, 6) is -3.38. The number of carbonyl (C=O) groups excluding carboxylic acids is 1. The first-order valence-corrected chi connectivity index (χ1v) is 4.14. The van der Waals surface area contributed by atoms with Gasteiger partial charge in [-0.3, -0.25) is 4.79 Å². The first-order valence-electron chi connectivity index (χ1n) is 4.14. The molecule has 2 N–H and O–H groups in total. The molecule has 0 spiro atoms. The molecule has 0 saturated carbocycles. The van der Waals surface area contributed by atoms with Crippen LogP contribution in [0.1, 0.15) is 26.2 Å². The minimum atomic E-state index is -2.73. The lowest BCUT2D eigenvalue weighted by atomic mass is 10.1. The average Bonchev–Trinajstić information content (AvgIpc) is 2.13. The van der Waals surface area contributed by atoms with Gasteiger partial charge in [0, 0.05) is 12.8 Å². The molecule has 13 heavy (non-hydrogen) atoms. The molecular weight excluding hydrogens is 180 g/mol. The molecule has 0 aliphatic carbocycles. The van der Waals surface area contributed by atoms with E-state index in [-0.39, 0.29) is 19.3 Å². The normalized spacial score (nSPS) is 13.9. The number of nitrogens with two attached hydrogens (primary N) is 1. The predicted octanol–water partition coefficient (Wildman–Crippen LogP) is 1.31. The van der Waals surface area contributed by atoms with Gasteiger partial charge in [-0.25, -0.2) is 8.78 Å². The summed E-state index contributed by atoms with van der Waals surface area (Å²) in [6.07, 6.45) is -0.659. The third kappa shape index (κ3) is 4.77. The maximum absolute atomic E-state index is 12.7. The van der Waals surface area contributed by atoms with E-state index in [0.29, 0.717) is 0 Å². The van der Waals surface area contributed by atoms with E-state index in [9.17, 15) is 13.6 Å². The van der Waals surface area contributed by atoms with Crippen molar-refractivity contribution in [1.29, 1.82) is 0 Å². The van der Waals surface area contributed by atoms with Gasteiger partial charge < -0.3 is 10.5 Å². The summed E-state index contributed by atoms with van der Waals surface area (Å²) in [6, 6.07) is -0.942. The van der Waals surface area contributed by atoms with Gasteiger partial charge in [-0.15, -0.1) is 0 Å². The maximum atomic E-state index is 12.7. The minimum Gasteiger partial charge on any atom is -0.468 e. The van der Waals surface area contributed by atoms with E-state index in [4.69, 9.17) is 5.73 Å². The van der Waals surface area contributed by atoms with Gasteiger partial charge >= 0.3 is 5.97 Å². The van der Waals surface area contributed by atoms with Crippen LogP contribution in [-0.4, -0.2) is 25.0 Å². The van der Waals surface area contributed by atoms with Crippen LogP contribution in [0.3, 0.4) is 0 Å². The third-order valence-electron chi connectivity index (χ3n) is 1.84. The zero-order chi connectivity index (χ0) is 10.5. The van der Waals surface area contributed by atoms with Gasteiger partial charge in [0.1, 0.15) is 6.04 Å². The van der Waals surface area contributed by atoms with Crippen LogP contribution >= 0.6 is 0 Å². The molecule has 0 heterocycles. The van der Waals surface area contributed by atoms with Gasteiger partial charge in [0.05, 0.1) is 7.11 Å². The zero-order valence-electron chi connectivity index (χ0n) is 7.85. The van der Waals surface area contributed by atoms with E-state index in [1.807, 2.05) is 0 Å². The second-order valence-corrected chi connectivity index (χ2v) is 2.88. The first kappa shape index (κ1) is 12.3. The van der Waals surface area contributed by atoms with Crippen molar-refractivity contribution < 1.29 is 18.3 Å². The number of halogens is 2. The molecule has 78 valence electrons. The summed E-state index contributed by atoms with van der Waals surface area (Å²) < 4.78 is 29.6. The molecule has 0 amide bonds. The monoisotopic (exact) mass is 195 g/mol.